The highest BCUT2D eigenvalue weighted by Gasteiger charge is 2.20. The summed E-state index contributed by atoms with van der Waals surface area (Å²) in [5.74, 6) is 0.322. The Kier molecular flexibility index (Phi) is 5.77. The minimum Gasteiger partial charge on any atom is -0.380 e. The van der Waals surface area contributed by atoms with Crippen LogP contribution in [0.1, 0.15) is 36.1 Å². The van der Waals surface area contributed by atoms with Crippen LogP contribution in [0, 0.1) is 11.3 Å². The van der Waals surface area contributed by atoms with Gasteiger partial charge in [-0.15, -0.1) is 0 Å². The molecule has 3 aromatic heterocycles. The van der Waals surface area contributed by atoms with E-state index in [1.807, 2.05) is 25.1 Å². The first-order valence-electron chi connectivity index (χ1n) is 10.9. The van der Waals surface area contributed by atoms with E-state index in [0.29, 0.717) is 23.4 Å². The molecule has 8 nitrogen and oxygen atoms in total. The second-order valence-corrected chi connectivity index (χ2v) is 8.16. The number of rotatable bonds is 7. The molecule has 10 heteroatoms. The van der Waals surface area contributed by atoms with Gasteiger partial charge in [-0.1, -0.05) is 12.1 Å². The Morgan fingerprint density at radius 3 is 2.76 bits per heavy atom. The zero-order chi connectivity index (χ0) is 23.7. The van der Waals surface area contributed by atoms with Crippen LogP contribution in [0.3, 0.4) is 0 Å². The third-order valence-corrected chi connectivity index (χ3v) is 5.84. The van der Waals surface area contributed by atoms with Crippen molar-refractivity contribution in [2.24, 2.45) is 0 Å². The number of hydrogen-bond acceptors (Lipinski definition) is 7. The quantitative estimate of drug-likeness (QED) is 0.381. The highest BCUT2D eigenvalue weighted by Crippen LogP contribution is 2.29. The van der Waals surface area contributed by atoms with Gasteiger partial charge in [-0.2, -0.15) is 5.26 Å². The summed E-state index contributed by atoms with van der Waals surface area (Å²) in [7, 11) is 0. The lowest BCUT2D eigenvalue weighted by Crippen LogP contribution is -2.51. The number of nitrogens with zero attached hydrogens (tertiary/aromatic N) is 5. The van der Waals surface area contributed by atoms with E-state index in [-0.39, 0.29) is 22.8 Å². The van der Waals surface area contributed by atoms with Crippen LogP contribution in [0.25, 0.3) is 17.0 Å². The number of imidazole rings is 1. The van der Waals surface area contributed by atoms with Crippen molar-refractivity contribution < 1.29 is 8.78 Å². The van der Waals surface area contributed by atoms with Crippen LogP contribution >= 0.6 is 0 Å². The normalized spacial score (nSPS) is 14.6. The lowest BCUT2D eigenvalue weighted by molar-refractivity contribution is 0.152. The first-order valence-corrected chi connectivity index (χ1v) is 10.9. The largest absolute Gasteiger partial charge is 0.380 e. The summed E-state index contributed by atoms with van der Waals surface area (Å²) in [6, 6.07) is 13.4. The summed E-state index contributed by atoms with van der Waals surface area (Å²) < 4.78 is 28.3. The molecule has 1 fully saturated rings. The van der Waals surface area contributed by atoms with Gasteiger partial charge in [0, 0.05) is 25.0 Å². The van der Waals surface area contributed by atoms with Crippen LogP contribution in [-0.4, -0.2) is 38.5 Å². The molecule has 4 aromatic rings. The van der Waals surface area contributed by atoms with Gasteiger partial charge in [0.1, 0.15) is 17.4 Å². The van der Waals surface area contributed by atoms with Crippen LogP contribution < -0.4 is 16.0 Å². The van der Waals surface area contributed by atoms with E-state index >= 15 is 0 Å². The average Bonchev–Trinajstić information content (AvgIpc) is 3.25. The number of benzene rings is 1. The monoisotopic (exact) mass is 460 g/mol. The summed E-state index contributed by atoms with van der Waals surface area (Å²) >= 11 is 0. The van der Waals surface area contributed by atoms with E-state index in [2.05, 4.69) is 43.0 Å². The molecule has 5 rings (SSSR count). The van der Waals surface area contributed by atoms with E-state index in [9.17, 15) is 14.0 Å². The second kappa shape index (κ2) is 9.03. The van der Waals surface area contributed by atoms with E-state index in [4.69, 9.17) is 0 Å². The van der Waals surface area contributed by atoms with Crippen LogP contribution in [-0.2, 0) is 0 Å². The van der Waals surface area contributed by atoms with E-state index in [0.717, 1.165) is 24.3 Å². The number of halogens is 2. The van der Waals surface area contributed by atoms with E-state index in [1.165, 1.54) is 28.9 Å². The molecule has 1 atom stereocenters. The van der Waals surface area contributed by atoms with Gasteiger partial charge in [-0.3, -0.25) is 4.40 Å². The van der Waals surface area contributed by atoms with Crippen molar-refractivity contribution in [3.63, 3.8) is 0 Å². The summed E-state index contributed by atoms with van der Waals surface area (Å²) in [5.41, 5.74) is 3.01. The maximum atomic E-state index is 13.4. The Morgan fingerprint density at radius 1 is 1.18 bits per heavy atom. The number of nitrogens with one attached hydrogen (secondary N) is 3. The fourth-order valence-corrected chi connectivity index (χ4v) is 3.91. The number of pyridine rings is 1. The van der Waals surface area contributed by atoms with E-state index in [1.54, 1.807) is 6.20 Å². The number of anilines is 2. The van der Waals surface area contributed by atoms with Gasteiger partial charge in [0.15, 0.2) is 0 Å². The Morgan fingerprint density at radius 2 is 2.03 bits per heavy atom. The molecule has 4 heterocycles. The van der Waals surface area contributed by atoms with Crippen molar-refractivity contribution in [3.05, 3.63) is 71.7 Å². The molecule has 0 saturated carbocycles. The predicted octanol–water partition coefficient (Wildman–Crippen LogP) is 4.16. The topological polar surface area (TPSA) is 103 Å². The molecule has 0 spiro atoms. The first kappa shape index (κ1) is 21.7. The van der Waals surface area contributed by atoms with Gasteiger partial charge in [-0.05, 0) is 36.8 Å². The molecule has 0 radical (unpaired) electrons. The van der Waals surface area contributed by atoms with Gasteiger partial charge in [-0.25, -0.2) is 23.7 Å². The molecule has 3 N–H and O–H groups in total. The number of alkyl halides is 2. The molecule has 0 amide bonds. The Bertz CT molecular complexity index is 1370. The van der Waals surface area contributed by atoms with Crippen molar-refractivity contribution in [1.29, 1.82) is 5.26 Å². The zero-order valence-corrected chi connectivity index (χ0v) is 18.3. The average molecular weight is 460 g/mol. The SMILES string of the molecule is C[C@H](Nc1ncc(C#N)c(-c2cnc3c(C(F)F)cccn23)n1)c1cccc(NC2CNC2)c1. The van der Waals surface area contributed by atoms with Crippen molar-refractivity contribution in [2.45, 2.75) is 25.4 Å². The highest BCUT2D eigenvalue weighted by molar-refractivity contribution is 5.68. The summed E-state index contributed by atoms with van der Waals surface area (Å²) in [5, 5.41) is 19.6. The molecule has 1 aliphatic heterocycles. The fraction of sp³-hybridized carbons (Fsp3) is 0.250. The van der Waals surface area contributed by atoms with Crippen LogP contribution in [0.15, 0.2) is 55.0 Å². The molecular weight excluding hydrogens is 438 g/mol. The molecule has 1 aromatic carbocycles. The smallest absolute Gasteiger partial charge is 0.267 e. The van der Waals surface area contributed by atoms with E-state index < -0.39 is 6.43 Å². The lowest BCUT2D eigenvalue weighted by Gasteiger charge is -2.29. The Labute approximate surface area is 194 Å². The Balaban J connectivity index is 1.44. The first-order chi connectivity index (χ1) is 16.5. The van der Waals surface area contributed by atoms with Gasteiger partial charge >= 0.3 is 0 Å². The maximum Gasteiger partial charge on any atom is 0.267 e. The van der Waals surface area contributed by atoms with Crippen molar-refractivity contribution in [2.75, 3.05) is 23.7 Å². The molecule has 1 aliphatic rings. The molecular formula is C24H22F2N8. The third-order valence-electron chi connectivity index (χ3n) is 5.84. The van der Waals surface area contributed by atoms with Crippen molar-refractivity contribution in [1.82, 2.24) is 24.7 Å². The zero-order valence-electron chi connectivity index (χ0n) is 18.3. The van der Waals surface area contributed by atoms with Crippen LogP contribution in [0.5, 0.6) is 0 Å². The second-order valence-electron chi connectivity index (χ2n) is 8.16. The lowest BCUT2D eigenvalue weighted by atomic mass is 10.1. The van der Waals surface area contributed by atoms with Gasteiger partial charge in [0.25, 0.3) is 6.43 Å². The molecule has 172 valence electrons. The predicted molar refractivity (Wildman–Crippen MR) is 125 cm³/mol. The van der Waals surface area contributed by atoms with Gasteiger partial charge in [0.05, 0.1) is 41.3 Å². The minimum atomic E-state index is -2.66. The maximum absolute atomic E-state index is 13.4. The summed E-state index contributed by atoms with van der Waals surface area (Å²) in [4.78, 5) is 13.0. The number of nitriles is 1. The fourth-order valence-electron chi connectivity index (χ4n) is 3.91. The van der Waals surface area contributed by atoms with Gasteiger partial charge in [0.2, 0.25) is 5.95 Å². The van der Waals surface area contributed by atoms with Crippen LogP contribution in [0.2, 0.25) is 0 Å². The number of fused-ring (bicyclic) bond motifs is 1. The molecule has 1 saturated heterocycles. The van der Waals surface area contributed by atoms with Crippen molar-refractivity contribution in [3.8, 4) is 17.5 Å². The summed E-state index contributed by atoms with van der Waals surface area (Å²) in [6.07, 6.45) is 1.83. The molecule has 0 bridgehead atoms. The number of hydrogen-bond donors (Lipinski definition) is 3. The molecule has 0 unspecified atom stereocenters. The standard InChI is InChI=1S/C24H22F2N8/c1-14(15-4-2-5-17(8-15)32-18-11-28-12-18)31-24-30-10-16(9-27)21(33-24)20-13-29-23-19(22(25)26)6-3-7-34(20)23/h2-8,10,13-14,18,22,28,32H,11-12H2,1H3,(H,30,31,33)/t14-/m0/s1. The summed E-state index contributed by atoms with van der Waals surface area (Å²) in [6.45, 7) is 3.89. The van der Waals surface area contributed by atoms with Gasteiger partial charge < -0.3 is 16.0 Å². The molecule has 0 aliphatic carbocycles. The Hall–Kier alpha value is -4.10. The minimum absolute atomic E-state index is 0.116. The highest BCUT2D eigenvalue weighted by atomic mass is 19.3. The third kappa shape index (κ3) is 4.13. The van der Waals surface area contributed by atoms with Crippen molar-refractivity contribution >= 4 is 17.3 Å². The number of aromatic nitrogens is 4. The molecule has 34 heavy (non-hydrogen) atoms. The van der Waals surface area contributed by atoms with Crippen LogP contribution in [0.4, 0.5) is 20.4 Å².